The van der Waals surface area contributed by atoms with Crippen LogP contribution in [0.4, 0.5) is 0 Å². The molecule has 0 aromatic heterocycles. The van der Waals surface area contributed by atoms with Gasteiger partial charge in [-0.2, -0.15) is 0 Å². The van der Waals surface area contributed by atoms with Gasteiger partial charge >= 0.3 is 5.97 Å². The van der Waals surface area contributed by atoms with E-state index in [-0.39, 0.29) is 23.0 Å². The van der Waals surface area contributed by atoms with Crippen molar-refractivity contribution >= 4 is 14.3 Å². The maximum absolute atomic E-state index is 11.2. The van der Waals surface area contributed by atoms with Crippen LogP contribution in [0.5, 0.6) is 0 Å². The summed E-state index contributed by atoms with van der Waals surface area (Å²) in [6.07, 6.45) is 13.9. The summed E-state index contributed by atoms with van der Waals surface area (Å²) in [5, 5.41) is 0.144. The summed E-state index contributed by atoms with van der Waals surface area (Å²) >= 11 is 0. The molecule has 0 aromatic rings. The fraction of sp³-hybridized carbons (Fsp3) is 0.650. The highest BCUT2D eigenvalue weighted by Gasteiger charge is 2.40. The summed E-state index contributed by atoms with van der Waals surface area (Å²) < 4.78 is 11.3. The number of rotatable bonds is 10. The number of ether oxygens (including phenoxy) is 1. The summed E-state index contributed by atoms with van der Waals surface area (Å²) in [5.41, 5.74) is 0. The van der Waals surface area contributed by atoms with E-state index in [1.165, 1.54) is 13.2 Å². The molecule has 0 unspecified atom stereocenters. The van der Waals surface area contributed by atoms with Crippen molar-refractivity contribution in [2.45, 2.75) is 70.7 Å². The number of methoxy groups -OCH3 is 1. The molecule has 0 saturated heterocycles. The number of carbonyl (C=O) groups is 1. The summed E-state index contributed by atoms with van der Waals surface area (Å²) in [6, 6.07) is 0. The maximum atomic E-state index is 11.2. The molecular weight excluding hydrogens is 316 g/mol. The zero-order valence-corrected chi connectivity index (χ0v) is 17.2. The largest absolute Gasteiger partial charge is 0.466 e. The average Bonchev–Trinajstić information content (AvgIpc) is 2.50. The Labute approximate surface area is 149 Å². The molecule has 0 saturated carbocycles. The Balaban J connectivity index is 5.08. The van der Waals surface area contributed by atoms with Gasteiger partial charge in [0.05, 0.1) is 13.2 Å². The molecular formula is C20H34O3Si. The monoisotopic (exact) mass is 350 g/mol. The minimum Gasteiger partial charge on any atom is -0.466 e. The summed E-state index contributed by atoms with van der Waals surface area (Å²) in [5.74, 6) is 2.60. The Kier molecular flexibility index (Phi) is 9.95. The van der Waals surface area contributed by atoms with Crippen LogP contribution >= 0.6 is 0 Å². The predicted molar refractivity (Wildman–Crippen MR) is 104 cm³/mol. The Morgan fingerprint density at radius 1 is 1.33 bits per heavy atom. The van der Waals surface area contributed by atoms with E-state index in [1.54, 1.807) is 0 Å². The van der Waals surface area contributed by atoms with Crippen molar-refractivity contribution in [1.29, 1.82) is 0 Å². The van der Waals surface area contributed by atoms with Crippen molar-refractivity contribution in [1.82, 2.24) is 0 Å². The quantitative estimate of drug-likeness (QED) is 0.181. The van der Waals surface area contributed by atoms with Crippen LogP contribution in [0.3, 0.4) is 0 Å². The molecule has 0 radical (unpaired) electrons. The van der Waals surface area contributed by atoms with E-state index in [0.717, 1.165) is 19.3 Å². The molecule has 0 aliphatic heterocycles. The molecule has 0 amide bonds. The first kappa shape index (κ1) is 22.7. The molecule has 136 valence electrons. The van der Waals surface area contributed by atoms with Crippen molar-refractivity contribution in [3.63, 3.8) is 0 Å². The lowest BCUT2D eigenvalue weighted by molar-refractivity contribution is -0.134. The van der Waals surface area contributed by atoms with Gasteiger partial charge in [-0.05, 0) is 37.4 Å². The zero-order valence-electron chi connectivity index (χ0n) is 16.2. The van der Waals surface area contributed by atoms with Gasteiger partial charge in [-0.15, -0.1) is 18.9 Å². The number of allylic oxidation sites excluding steroid dienone is 1. The highest BCUT2D eigenvalue weighted by molar-refractivity contribution is 6.74. The van der Waals surface area contributed by atoms with E-state index in [9.17, 15) is 4.79 Å². The van der Waals surface area contributed by atoms with E-state index in [2.05, 4.69) is 51.1 Å². The molecule has 0 heterocycles. The van der Waals surface area contributed by atoms with E-state index in [4.69, 9.17) is 10.8 Å². The van der Waals surface area contributed by atoms with Crippen LogP contribution in [0.15, 0.2) is 24.8 Å². The van der Waals surface area contributed by atoms with E-state index >= 15 is 0 Å². The van der Waals surface area contributed by atoms with Crippen LogP contribution in [0, 0.1) is 18.3 Å². The Morgan fingerprint density at radius 3 is 2.42 bits per heavy atom. The van der Waals surface area contributed by atoms with E-state index in [0.29, 0.717) is 6.42 Å². The van der Waals surface area contributed by atoms with Crippen LogP contribution in [0.2, 0.25) is 18.1 Å². The zero-order chi connectivity index (χ0) is 18.8. The van der Waals surface area contributed by atoms with E-state index < -0.39 is 8.32 Å². The van der Waals surface area contributed by atoms with Crippen LogP contribution in [-0.2, 0) is 14.0 Å². The van der Waals surface area contributed by atoms with Crippen LogP contribution < -0.4 is 0 Å². The van der Waals surface area contributed by atoms with Gasteiger partial charge in [0.15, 0.2) is 8.32 Å². The second kappa shape index (κ2) is 10.5. The minimum atomic E-state index is -1.89. The maximum Gasteiger partial charge on any atom is 0.330 e. The molecule has 0 bridgehead atoms. The molecule has 2 atom stereocenters. The number of hydrogen-bond acceptors (Lipinski definition) is 3. The average molecular weight is 351 g/mol. The van der Waals surface area contributed by atoms with Gasteiger partial charge < -0.3 is 9.16 Å². The fourth-order valence-corrected chi connectivity index (χ4v) is 3.53. The highest BCUT2D eigenvalue weighted by atomic mass is 28.4. The SMILES string of the molecule is C#CCC[C@H](C=C)[C@@H](CC/C=C/C(=O)OC)O[Si](C)(C)C(C)(C)C. The third-order valence-electron chi connectivity index (χ3n) is 4.73. The molecule has 0 fully saturated rings. The Morgan fingerprint density at radius 2 is 1.96 bits per heavy atom. The van der Waals surface area contributed by atoms with Crippen LogP contribution in [0.1, 0.15) is 46.5 Å². The fourth-order valence-electron chi connectivity index (χ4n) is 2.13. The third kappa shape index (κ3) is 7.99. The molecule has 0 spiro atoms. The Hall–Kier alpha value is -1.31. The molecule has 0 aliphatic carbocycles. The Bertz CT molecular complexity index is 466. The molecule has 0 aromatic carbocycles. The molecule has 0 aliphatic rings. The van der Waals surface area contributed by atoms with Crippen LogP contribution in [0.25, 0.3) is 0 Å². The van der Waals surface area contributed by atoms with Crippen molar-refractivity contribution in [3.05, 3.63) is 24.8 Å². The molecule has 4 heteroatoms. The molecule has 0 rings (SSSR count). The van der Waals surface area contributed by atoms with Gasteiger partial charge in [0.2, 0.25) is 0 Å². The van der Waals surface area contributed by atoms with Crippen molar-refractivity contribution in [2.75, 3.05) is 7.11 Å². The second-order valence-corrected chi connectivity index (χ2v) is 12.3. The van der Waals surface area contributed by atoms with Gasteiger partial charge in [-0.3, -0.25) is 0 Å². The topological polar surface area (TPSA) is 35.5 Å². The minimum absolute atomic E-state index is 0.0686. The number of terminal acetylenes is 1. The molecule has 0 N–H and O–H groups in total. The predicted octanol–water partition coefficient (Wildman–Crippen LogP) is 5.10. The van der Waals surface area contributed by atoms with Crippen molar-refractivity contribution < 1.29 is 14.0 Å². The second-order valence-electron chi connectivity index (χ2n) is 7.56. The third-order valence-corrected chi connectivity index (χ3v) is 9.23. The van der Waals surface area contributed by atoms with Gasteiger partial charge in [-0.25, -0.2) is 4.79 Å². The van der Waals surface area contributed by atoms with Crippen molar-refractivity contribution in [2.24, 2.45) is 5.92 Å². The molecule has 3 nitrogen and oxygen atoms in total. The van der Waals surface area contributed by atoms with Crippen molar-refractivity contribution in [3.8, 4) is 12.3 Å². The lowest BCUT2D eigenvalue weighted by Gasteiger charge is -2.41. The summed E-state index contributed by atoms with van der Waals surface area (Å²) in [7, 11) is -0.512. The lowest BCUT2D eigenvalue weighted by Crippen LogP contribution is -2.45. The van der Waals surface area contributed by atoms with Gasteiger partial charge in [0.1, 0.15) is 0 Å². The smallest absolute Gasteiger partial charge is 0.330 e. The normalized spacial score (nSPS) is 14.9. The first-order valence-corrected chi connectivity index (χ1v) is 11.5. The number of esters is 1. The van der Waals surface area contributed by atoms with Gasteiger partial charge in [-0.1, -0.05) is 32.9 Å². The summed E-state index contributed by atoms with van der Waals surface area (Å²) in [4.78, 5) is 11.2. The lowest BCUT2D eigenvalue weighted by atomic mass is 9.94. The standard InChI is InChI=1S/C20H34O3Si/c1-9-11-14-17(10-2)18(15-12-13-16-19(21)22-6)23-24(7,8)20(3,4)5/h1,10,13,16-18H,2,11-12,14-15H2,3-8H3/b16-13+/t17-,18+/m0/s1. The van der Waals surface area contributed by atoms with Gasteiger partial charge in [0.25, 0.3) is 0 Å². The number of carbonyl (C=O) groups excluding carboxylic acids is 1. The first-order valence-electron chi connectivity index (χ1n) is 8.57. The van der Waals surface area contributed by atoms with Gasteiger partial charge in [0, 0.05) is 18.4 Å². The molecule has 24 heavy (non-hydrogen) atoms. The number of hydrogen-bond donors (Lipinski definition) is 0. The van der Waals surface area contributed by atoms with Crippen LogP contribution in [-0.4, -0.2) is 27.5 Å². The highest BCUT2D eigenvalue weighted by Crippen LogP contribution is 2.39. The first-order chi connectivity index (χ1) is 11.1. The summed E-state index contributed by atoms with van der Waals surface area (Å²) in [6.45, 7) is 15.2. The van der Waals surface area contributed by atoms with E-state index in [1.807, 2.05) is 12.2 Å².